The Morgan fingerprint density at radius 2 is 0.647 bits per heavy atom. The molecule has 34 heavy (non-hydrogen) atoms. The van der Waals surface area contributed by atoms with E-state index in [1.165, 1.54) is 96.3 Å². The monoisotopic (exact) mass is 478 g/mol. The predicted molar refractivity (Wildman–Crippen MR) is 156 cm³/mol. The van der Waals surface area contributed by atoms with E-state index in [1.807, 2.05) is 0 Å². The van der Waals surface area contributed by atoms with E-state index in [2.05, 4.69) is 93.7 Å². The standard InChI is InChI=1S/C33H51P/c1-4-7-10-13-22-31(25-16-17-26-31)34(32(27-18-19-28-32)23-14-11-8-5-2)33(29-20-21-30-33)24-15-12-9-6-3/h16-21,25-30H,4-15,22-24H2,1-3H3. The molecule has 0 fully saturated rings. The molecule has 0 aromatic carbocycles. The lowest BCUT2D eigenvalue weighted by atomic mass is 9.98. The van der Waals surface area contributed by atoms with Gasteiger partial charge in [0.15, 0.2) is 0 Å². The maximum Gasteiger partial charge on any atom is 0.0290 e. The van der Waals surface area contributed by atoms with Gasteiger partial charge in [0.05, 0.1) is 0 Å². The zero-order valence-corrected chi connectivity index (χ0v) is 23.4. The van der Waals surface area contributed by atoms with Crippen molar-refractivity contribution in [3.63, 3.8) is 0 Å². The third kappa shape index (κ3) is 6.55. The molecule has 1 heteroatoms. The highest BCUT2D eigenvalue weighted by Crippen LogP contribution is 2.75. The van der Waals surface area contributed by atoms with Gasteiger partial charge < -0.3 is 0 Å². The van der Waals surface area contributed by atoms with Crippen molar-refractivity contribution in [3.8, 4) is 0 Å². The number of rotatable bonds is 18. The normalized spacial score (nSPS) is 20.5. The van der Waals surface area contributed by atoms with Crippen LogP contribution in [0.15, 0.2) is 72.9 Å². The van der Waals surface area contributed by atoms with Gasteiger partial charge in [0.25, 0.3) is 0 Å². The largest absolute Gasteiger partial charge is 0.0702 e. The highest BCUT2D eigenvalue weighted by molar-refractivity contribution is 7.64. The first-order valence-corrected chi connectivity index (χ1v) is 15.9. The Morgan fingerprint density at radius 1 is 0.382 bits per heavy atom. The molecule has 0 amide bonds. The van der Waals surface area contributed by atoms with Crippen LogP contribution in [0.5, 0.6) is 0 Å². The van der Waals surface area contributed by atoms with E-state index in [4.69, 9.17) is 0 Å². The van der Waals surface area contributed by atoms with E-state index in [-0.39, 0.29) is 15.5 Å². The fourth-order valence-corrected chi connectivity index (χ4v) is 11.3. The molecule has 0 heterocycles. The van der Waals surface area contributed by atoms with Gasteiger partial charge in [0, 0.05) is 15.5 Å². The maximum atomic E-state index is 2.63. The van der Waals surface area contributed by atoms with Crippen LogP contribution >= 0.6 is 7.92 Å². The lowest BCUT2D eigenvalue weighted by molar-refractivity contribution is 0.560. The molecule has 0 nitrogen and oxygen atoms in total. The minimum Gasteiger partial charge on any atom is -0.0702 e. The summed E-state index contributed by atoms with van der Waals surface area (Å²) >= 11 is 0. The van der Waals surface area contributed by atoms with Gasteiger partial charge in [-0.2, -0.15) is 0 Å². The molecule has 188 valence electrons. The molecule has 0 aromatic heterocycles. The number of allylic oxidation sites excluding steroid dienone is 12. The van der Waals surface area contributed by atoms with E-state index in [1.54, 1.807) is 0 Å². The van der Waals surface area contributed by atoms with Crippen molar-refractivity contribution < 1.29 is 0 Å². The first-order chi connectivity index (χ1) is 16.7. The molecule has 0 aliphatic heterocycles. The highest BCUT2D eigenvalue weighted by Gasteiger charge is 2.55. The topological polar surface area (TPSA) is 0 Å². The van der Waals surface area contributed by atoms with Crippen LogP contribution in [0.2, 0.25) is 0 Å². The summed E-state index contributed by atoms with van der Waals surface area (Å²) in [4.78, 5) is 0. The van der Waals surface area contributed by atoms with Gasteiger partial charge in [-0.15, -0.1) is 0 Å². The van der Waals surface area contributed by atoms with Crippen molar-refractivity contribution in [1.82, 2.24) is 0 Å². The molecule has 0 bridgehead atoms. The SMILES string of the molecule is CCCCCCC1(P(C2(CCCCCC)C=CC=C2)C2(CCCCCC)C=CC=C2)C=CC=C1. The number of unbranched alkanes of at least 4 members (excludes halogenated alkanes) is 9. The number of hydrogen-bond acceptors (Lipinski definition) is 0. The van der Waals surface area contributed by atoms with Crippen molar-refractivity contribution in [2.75, 3.05) is 0 Å². The van der Waals surface area contributed by atoms with Gasteiger partial charge in [0.2, 0.25) is 0 Å². The van der Waals surface area contributed by atoms with Crippen molar-refractivity contribution in [2.45, 2.75) is 133 Å². The van der Waals surface area contributed by atoms with Crippen LogP contribution in [0, 0.1) is 0 Å². The molecule has 0 spiro atoms. The van der Waals surface area contributed by atoms with Crippen LogP contribution in [0.25, 0.3) is 0 Å². The van der Waals surface area contributed by atoms with Crippen molar-refractivity contribution >= 4 is 7.92 Å². The van der Waals surface area contributed by atoms with Gasteiger partial charge in [0.1, 0.15) is 0 Å². The average Bonchev–Trinajstić information content (AvgIpc) is 3.61. The Kier molecular flexibility index (Phi) is 11.2. The second-order valence-corrected chi connectivity index (χ2v) is 14.1. The second kappa shape index (κ2) is 13.8. The molecular formula is C33H51P. The molecule has 0 N–H and O–H groups in total. The Hall–Kier alpha value is -1.13. The summed E-state index contributed by atoms with van der Waals surface area (Å²) in [5.74, 6) is 0. The van der Waals surface area contributed by atoms with E-state index < -0.39 is 7.92 Å². The van der Waals surface area contributed by atoms with Gasteiger partial charge in [-0.3, -0.25) is 0 Å². The summed E-state index contributed by atoms with van der Waals surface area (Å²) in [7, 11) is -0.400. The molecule has 0 radical (unpaired) electrons. The van der Waals surface area contributed by atoms with Gasteiger partial charge in [-0.25, -0.2) is 0 Å². The van der Waals surface area contributed by atoms with Crippen LogP contribution in [-0.2, 0) is 0 Å². The van der Waals surface area contributed by atoms with Crippen molar-refractivity contribution in [1.29, 1.82) is 0 Å². The summed E-state index contributed by atoms with van der Waals surface area (Å²) in [6.07, 6.45) is 50.1. The molecule has 3 rings (SSSR count). The Labute approximate surface area is 213 Å². The third-order valence-corrected chi connectivity index (χ3v) is 12.2. The lowest BCUT2D eigenvalue weighted by Crippen LogP contribution is -2.42. The molecule has 0 saturated carbocycles. The first-order valence-electron chi connectivity index (χ1n) is 14.6. The molecule has 3 aliphatic carbocycles. The summed E-state index contributed by atoms with van der Waals surface area (Å²) in [6.45, 7) is 6.99. The zero-order valence-electron chi connectivity index (χ0n) is 22.5. The molecule has 0 aromatic rings. The summed E-state index contributed by atoms with van der Waals surface area (Å²) in [6, 6.07) is 0. The molecule has 3 aliphatic rings. The molecular weight excluding hydrogens is 427 g/mol. The fourth-order valence-electron chi connectivity index (χ4n) is 6.45. The highest BCUT2D eigenvalue weighted by atomic mass is 31.1. The molecule has 0 unspecified atom stereocenters. The summed E-state index contributed by atoms with van der Waals surface area (Å²) in [5, 5.41) is 0.615. The molecule has 0 saturated heterocycles. The Balaban J connectivity index is 2.00. The van der Waals surface area contributed by atoms with Gasteiger partial charge in [-0.1, -0.05) is 179 Å². The number of hydrogen-bond donors (Lipinski definition) is 0. The van der Waals surface area contributed by atoms with Crippen LogP contribution in [0.3, 0.4) is 0 Å². The van der Waals surface area contributed by atoms with Crippen LogP contribution in [0.4, 0.5) is 0 Å². The van der Waals surface area contributed by atoms with Crippen LogP contribution < -0.4 is 0 Å². The average molecular weight is 479 g/mol. The van der Waals surface area contributed by atoms with E-state index in [9.17, 15) is 0 Å². The van der Waals surface area contributed by atoms with Crippen LogP contribution in [0.1, 0.15) is 117 Å². The minimum atomic E-state index is -0.400. The van der Waals surface area contributed by atoms with E-state index >= 15 is 0 Å². The second-order valence-electron chi connectivity index (χ2n) is 10.9. The van der Waals surface area contributed by atoms with Gasteiger partial charge >= 0.3 is 0 Å². The third-order valence-electron chi connectivity index (χ3n) is 8.18. The van der Waals surface area contributed by atoms with E-state index in [0.717, 1.165) is 0 Å². The first kappa shape index (κ1) is 27.5. The maximum absolute atomic E-state index is 2.63. The van der Waals surface area contributed by atoms with Crippen molar-refractivity contribution in [2.24, 2.45) is 0 Å². The minimum absolute atomic E-state index is 0.205. The Morgan fingerprint density at radius 3 is 0.882 bits per heavy atom. The molecule has 0 atom stereocenters. The summed E-state index contributed by atoms with van der Waals surface area (Å²) in [5.41, 5.74) is 0. The van der Waals surface area contributed by atoms with E-state index in [0.29, 0.717) is 0 Å². The van der Waals surface area contributed by atoms with Gasteiger partial charge in [-0.05, 0) is 19.3 Å². The quantitative estimate of drug-likeness (QED) is 0.136. The summed E-state index contributed by atoms with van der Waals surface area (Å²) < 4.78 is 0. The van der Waals surface area contributed by atoms with Crippen molar-refractivity contribution in [3.05, 3.63) is 72.9 Å². The zero-order chi connectivity index (χ0) is 24.2. The predicted octanol–water partition coefficient (Wildman–Crippen LogP) is 11.0. The fraction of sp³-hybridized carbons (Fsp3) is 0.636. The smallest absolute Gasteiger partial charge is 0.0290 e. The Bertz CT molecular complexity index is 634. The van der Waals surface area contributed by atoms with Crippen LogP contribution in [-0.4, -0.2) is 15.5 Å². The lowest BCUT2D eigenvalue weighted by Gasteiger charge is -2.54.